The summed E-state index contributed by atoms with van der Waals surface area (Å²) in [7, 11) is 0. The zero-order valence-corrected chi connectivity index (χ0v) is 9.82. The zero-order chi connectivity index (χ0) is 10.7. The van der Waals surface area contributed by atoms with Gasteiger partial charge < -0.3 is 5.32 Å². The fraction of sp³-hybridized carbons (Fsp3) is 0.909. The van der Waals surface area contributed by atoms with E-state index in [1.807, 2.05) is 0 Å². The fourth-order valence-corrected chi connectivity index (χ4v) is 1.06. The van der Waals surface area contributed by atoms with Gasteiger partial charge in [0, 0.05) is 13.5 Å². The van der Waals surface area contributed by atoms with Crippen molar-refractivity contribution in [3.8, 4) is 0 Å². The second-order valence-corrected chi connectivity index (χ2v) is 5.03. The van der Waals surface area contributed by atoms with Crippen LogP contribution in [0.15, 0.2) is 0 Å². The Hall–Kier alpha value is -0.530. The second kappa shape index (κ2) is 4.12. The maximum Gasteiger partial charge on any atom is 0.216 e. The predicted molar refractivity (Wildman–Crippen MR) is 56.5 cm³/mol. The maximum atomic E-state index is 10.8. The molecule has 0 aliphatic rings. The summed E-state index contributed by atoms with van der Waals surface area (Å²) < 4.78 is 0. The summed E-state index contributed by atoms with van der Waals surface area (Å²) in [6, 6.07) is 0. The lowest BCUT2D eigenvalue weighted by Gasteiger charge is -2.41. The topological polar surface area (TPSA) is 29.1 Å². The molecule has 0 spiro atoms. The van der Waals surface area contributed by atoms with E-state index in [-0.39, 0.29) is 16.7 Å². The first kappa shape index (κ1) is 12.5. The molecule has 0 saturated carbocycles. The SMILES string of the molecule is CCC(C)(C)C(C)(C)CNC(C)=O. The van der Waals surface area contributed by atoms with Crippen molar-refractivity contribution in [3.63, 3.8) is 0 Å². The van der Waals surface area contributed by atoms with Crippen LogP contribution in [0.2, 0.25) is 0 Å². The lowest BCUT2D eigenvalue weighted by atomic mass is 9.66. The van der Waals surface area contributed by atoms with E-state index in [9.17, 15) is 4.79 Å². The van der Waals surface area contributed by atoms with Crippen molar-refractivity contribution in [3.05, 3.63) is 0 Å². The number of rotatable bonds is 4. The number of carbonyl (C=O) groups excluding carboxylic acids is 1. The van der Waals surface area contributed by atoms with Gasteiger partial charge in [-0.05, 0) is 10.8 Å². The molecule has 1 amide bonds. The molecule has 0 aromatic carbocycles. The molecule has 2 heteroatoms. The number of hydrogen-bond acceptors (Lipinski definition) is 1. The first-order chi connectivity index (χ1) is 5.73. The summed E-state index contributed by atoms with van der Waals surface area (Å²) in [5.41, 5.74) is 0.406. The van der Waals surface area contributed by atoms with Gasteiger partial charge in [-0.25, -0.2) is 0 Å². The molecule has 0 heterocycles. The average Bonchev–Trinajstić information content (AvgIpc) is 2.01. The normalized spacial score (nSPS) is 12.8. The Bertz CT molecular complexity index is 183. The van der Waals surface area contributed by atoms with Crippen molar-refractivity contribution in [1.82, 2.24) is 5.32 Å². The van der Waals surface area contributed by atoms with E-state index in [1.165, 1.54) is 0 Å². The summed E-state index contributed by atoms with van der Waals surface area (Å²) in [6.07, 6.45) is 1.12. The van der Waals surface area contributed by atoms with E-state index in [0.717, 1.165) is 13.0 Å². The average molecular weight is 185 g/mol. The molecule has 2 nitrogen and oxygen atoms in total. The number of hydrogen-bond donors (Lipinski definition) is 1. The fourth-order valence-electron chi connectivity index (χ4n) is 1.06. The third-order valence-corrected chi connectivity index (χ3v) is 3.50. The third-order valence-electron chi connectivity index (χ3n) is 3.50. The van der Waals surface area contributed by atoms with Crippen LogP contribution in [0.1, 0.15) is 48.0 Å². The highest BCUT2D eigenvalue weighted by Gasteiger charge is 2.35. The van der Waals surface area contributed by atoms with Crippen LogP contribution in [-0.2, 0) is 4.79 Å². The molecule has 0 unspecified atom stereocenters. The Morgan fingerprint density at radius 2 is 1.62 bits per heavy atom. The van der Waals surface area contributed by atoms with Gasteiger partial charge in [-0.1, -0.05) is 41.0 Å². The Morgan fingerprint density at radius 3 is 1.92 bits per heavy atom. The molecule has 78 valence electrons. The highest BCUT2D eigenvalue weighted by molar-refractivity contribution is 5.72. The quantitative estimate of drug-likeness (QED) is 0.716. The van der Waals surface area contributed by atoms with E-state index in [0.29, 0.717) is 0 Å². The summed E-state index contributed by atoms with van der Waals surface area (Å²) in [5.74, 6) is 0.0555. The Kier molecular flexibility index (Phi) is 3.95. The zero-order valence-electron chi connectivity index (χ0n) is 9.82. The first-order valence-corrected chi connectivity index (χ1v) is 4.97. The second-order valence-electron chi connectivity index (χ2n) is 5.03. The molecule has 0 bridgehead atoms. The van der Waals surface area contributed by atoms with Crippen LogP contribution < -0.4 is 5.32 Å². The lowest BCUT2D eigenvalue weighted by Crippen LogP contribution is -2.42. The molecule has 1 N–H and O–H groups in total. The summed E-state index contributed by atoms with van der Waals surface area (Å²) in [4.78, 5) is 10.8. The van der Waals surface area contributed by atoms with Gasteiger partial charge in [0.15, 0.2) is 0 Å². The van der Waals surface area contributed by atoms with E-state index >= 15 is 0 Å². The van der Waals surface area contributed by atoms with Crippen molar-refractivity contribution < 1.29 is 4.79 Å². The number of amides is 1. The van der Waals surface area contributed by atoms with E-state index < -0.39 is 0 Å². The van der Waals surface area contributed by atoms with E-state index in [1.54, 1.807) is 6.92 Å². The van der Waals surface area contributed by atoms with Crippen molar-refractivity contribution in [2.75, 3.05) is 6.54 Å². The van der Waals surface area contributed by atoms with Crippen LogP contribution in [0.5, 0.6) is 0 Å². The highest BCUT2D eigenvalue weighted by Crippen LogP contribution is 2.40. The smallest absolute Gasteiger partial charge is 0.216 e. The molecule has 0 fully saturated rings. The lowest BCUT2D eigenvalue weighted by molar-refractivity contribution is -0.119. The molecular weight excluding hydrogens is 162 g/mol. The molecule has 0 rings (SSSR count). The summed E-state index contributed by atoms with van der Waals surface area (Å²) >= 11 is 0. The van der Waals surface area contributed by atoms with Crippen LogP contribution in [0, 0.1) is 10.8 Å². The van der Waals surface area contributed by atoms with Crippen LogP contribution in [0.3, 0.4) is 0 Å². The van der Waals surface area contributed by atoms with Gasteiger partial charge in [0.2, 0.25) is 5.91 Å². The minimum absolute atomic E-state index is 0.0555. The Labute approximate surface area is 82.1 Å². The molecular formula is C11H23NO. The van der Waals surface area contributed by atoms with Gasteiger partial charge in [0.05, 0.1) is 0 Å². The highest BCUT2D eigenvalue weighted by atomic mass is 16.1. The van der Waals surface area contributed by atoms with E-state index in [2.05, 4.69) is 39.9 Å². The minimum Gasteiger partial charge on any atom is -0.356 e. The van der Waals surface area contributed by atoms with Crippen molar-refractivity contribution in [1.29, 1.82) is 0 Å². The van der Waals surface area contributed by atoms with Crippen molar-refractivity contribution in [2.24, 2.45) is 10.8 Å². The van der Waals surface area contributed by atoms with Crippen LogP contribution in [-0.4, -0.2) is 12.5 Å². The largest absolute Gasteiger partial charge is 0.356 e. The minimum atomic E-state index is 0.0555. The maximum absolute atomic E-state index is 10.8. The molecule has 0 aliphatic carbocycles. The summed E-state index contributed by atoms with van der Waals surface area (Å²) in [5, 5.41) is 2.89. The summed E-state index contributed by atoms with van der Waals surface area (Å²) in [6.45, 7) is 13.4. The van der Waals surface area contributed by atoms with Gasteiger partial charge in [-0.15, -0.1) is 0 Å². The van der Waals surface area contributed by atoms with Gasteiger partial charge in [-0.2, -0.15) is 0 Å². The van der Waals surface area contributed by atoms with Gasteiger partial charge in [0.25, 0.3) is 0 Å². The molecule has 0 aromatic heterocycles. The molecule has 0 radical (unpaired) electrons. The number of nitrogens with one attached hydrogen (secondary N) is 1. The Balaban J connectivity index is 4.30. The monoisotopic (exact) mass is 185 g/mol. The third kappa shape index (κ3) is 3.37. The van der Waals surface area contributed by atoms with Crippen LogP contribution in [0.25, 0.3) is 0 Å². The molecule has 0 saturated heterocycles. The first-order valence-electron chi connectivity index (χ1n) is 4.97. The van der Waals surface area contributed by atoms with Crippen molar-refractivity contribution in [2.45, 2.75) is 48.0 Å². The predicted octanol–water partition coefficient (Wildman–Crippen LogP) is 2.58. The molecule has 0 aliphatic heterocycles. The van der Waals surface area contributed by atoms with Crippen molar-refractivity contribution >= 4 is 5.91 Å². The molecule has 13 heavy (non-hydrogen) atoms. The standard InChI is InChI=1S/C11H23NO/c1-7-10(3,4)11(5,6)8-12-9(2)13/h7-8H2,1-6H3,(H,12,13). The molecule has 0 aromatic rings. The Morgan fingerprint density at radius 1 is 1.15 bits per heavy atom. The van der Waals surface area contributed by atoms with Gasteiger partial charge >= 0.3 is 0 Å². The van der Waals surface area contributed by atoms with Crippen LogP contribution >= 0.6 is 0 Å². The number of carbonyl (C=O) groups is 1. The van der Waals surface area contributed by atoms with Gasteiger partial charge in [0.1, 0.15) is 0 Å². The van der Waals surface area contributed by atoms with Crippen LogP contribution in [0.4, 0.5) is 0 Å². The van der Waals surface area contributed by atoms with E-state index in [4.69, 9.17) is 0 Å². The molecule has 0 atom stereocenters. The van der Waals surface area contributed by atoms with Gasteiger partial charge in [-0.3, -0.25) is 4.79 Å².